The number of hydrogen-bond acceptors (Lipinski definition) is 7. The van der Waals surface area contributed by atoms with Gasteiger partial charge in [-0.05, 0) is 38.5 Å². The molecule has 0 saturated carbocycles. The largest absolute Gasteiger partial charge is 0.493 e. The number of methoxy groups -OCH3 is 2. The molecule has 0 atom stereocenters. The van der Waals surface area contributed by atoms with Crippen molar-refractivity contribution >= 4 is 17.3 Å². The molecule has 0 spiro atoms. The first-order valence-electron chi connectivity index (χ1n) is 9.57. The Morgan fingerprint density at radius 2 is 1.90 bits per heavy atom. The summed E-state index contributed by atoms with van der Waals surface area (Å²) in [5.74, 6) is 0.574. The highest BCUT2D eigenvalue weighted by Gasteiger charge is 2.27. The molecule has 0 aliphatic heterocycles. The minimum absolute atomic E-state index is 0.238. The monoisotopic (exact) mass is 428 g/mol. The maximum Gasteiger partial charge on any atom is 0.320 e. The average Bonchev–Trinajstić information content (AvgIpc) is 3.31. The van der Waals surface area contributed by atoms with Crippen molar-refractivity contribution in [3.63, 3.8) is 0 Å². The highest BCUT2D eigenvalue weighted by molar-refractivity contribution is 6.06. The lowest BCUT2D eigenvalue weighted by atomic mass is 10.2. The predicted molar refractivity (Wildman–Crippen MR) is 113 cm³/mol. The molecular formula is C20H24N6O5. The van der Waals surface area contributed by atoms with Gasteiger partial charge >= 0.3 is 5.69 Å². The van der Waals surface area contributed by atoms with Crippen LogP contribution >= 0.6 is 0 Å². The fraction of sp³-hybridized carbons (Fsp3) is 0.350. The van der Waals surface area contributed by atoms with Crippen LogP contribution < -0.4 is 14.8 Å². The quantitative estimate of drug-likeness (QED) is 0.432. The Morgan fingerprint density at radius 3 is 2.52 bits per heavy atom. The minimum atomic E-state index is -0.657. The first-order chi connectivity index (χ1) is 14.8. The Balaban J connectivity index is 1.86. The lowest BCUT2D eigenvalue weighted by Gasteiger charge is -2.11. The molecule has 164 valence electrons. The summed E-state index contributed by atoms with van der Waals surface area (Å²) in [5.41, 5.74) is 2.14. The number of rotatable bonds is 8. The number of benzene rings is 1. The van der Waals surface area contributed by atoms with Crippen LogP contribution in [0.1, 0.15) is 34.4 Å². The van der Waals surface area contributed by atoms with Crippen LogP contribution in [0.2, 0.25) is 0 Å². The summed E-state index contributed by atoms with van der Waals surface area (Å²) >= 11 is 0. The normalized spacial score (nSPS) is 10.7. The number of nitro groups is 1. The van der Waals surface area contributed by atoms with Crippen molar-refractivity contribution in [2.24, 2.45) is 0 Å². The van der Waals surface area contributed by atoms with Crippen LogP contribution in [0.3, 0.4) is 0 Å². The molecule has 0 saturated heterocycles. The zero-order chi connectivity index (χ0) is 22.7. The Morgan fingerprint density at radius 1 is 1.19 bits per heavy atom. The zero-order valence-electron chi connectivity index (χ0n) is 18.0. The van der Waals surface area contributed by atoms with Gasteiger partial charge in [-0.15, -0.1) is 0 Å². The molecule has 0 aliphatic carbocycles. The summed E-state index contributed by atoms with van der Waals surface area (Å²) in [6.45, 7) is 6.20. The smallest absolute Gasteiger partial charge is 0.320 e. The van der Waals surface area contributed by atoms with E-state index in [1.54, 1.807) is 32.7 Å². The second-order valence-electron chi connectivity index (χ2n) is 6.82. The first-order valence-corrected chi connectivity index (χ1v) is 9.57. The van der Waals surface area contributed by atoms with E-state index in [0.29, 0.717) is 41.7 Å². The van der Waals surface area contributed by atoms with Gasteiger partial charge in [-0.1, -0.05) is 6.07 Å². The van der Waals surface area contributed by atoms with Crippen molar-refractivity contribution in [2.75, 3.05) is 19.5 Å². The van der Waals surface area contributed by atoms with Gasteiger partial charge in [0.1, 0.15) is 6.20 Å². The van der Waals surface area contributed by atoms with Crippen molar-refractivity contribution in [1.29, 1.82) is 0 Å². The third-order valence-corrected chi connectivity index (χ3v) is 4.88. The fourth-order valence-corrected chi connectivity index (χ4v) is 3.22. The summed E-state index contributed by atoms with van der Waals surface area (Å²) in [7, 11) is 3.14. The summed E-state index contributed by atoms with van der Waals surface area (Å²) in [6.07, 6.45) is 1.25. The van der Waals surface area contributed by atoms with E-state index >= 15 is 0 Å². The topological polar surface area (TPSA) is 126 Å². The van der Waals surface area contributed by atoms with Crippen LogP contribution in [0.4, 0.5) is 11.4 Å². The van der Waals surface area contributed by atoms with Gasteiger partial charge in [0, 0.05) is 6.54 Å². The van der Waals surface area contributed by atoms with Crippen LogP contribution in [0.15, 0.2) is 24.4 Å². The molecule has 1 amide bonds. The highest BCUT2D eigenvalue weighted by Crippen LogP contribution is 2.29. The van der Waals surface area contributed by atoms with Gasteiger partial charge in [-0.25, -0.2) is 0 Å². The average molecular weight is 428 g/mol. The van der Waals surface area contributed by atoms with Crippen LogP contribution in [-0.4, -0.2) is 44.6 Å². The number of ether oxygens (including phenoxy) is 2. The highest BCUT2D eigenvalue weighted by atomic mass is 16.6. The standard InChI is InChI=1S/C20H24N6O5/c1-6-24-11-15(26(28)29)19(23-24)20(27)21-18-12(2)22-25(13(18)3)10-14-7-8-16(30-4)17(9-14)31-5/h7-9,11H,6,10H2,1-5H3,(H,21,27). The molecule has 11 heteroatoms. The molecule has 1 N–H and O–H groups in total. The molecule has 3 rings (SSSR count). The van der Waals surface area contributed by atoms with Gasteiger partial charge in [-0.3, -0.25) is 24.3 Å². The van der Waals surface area contributed by atoms with E-state index in [9.17, 15) is 14.9 Å². The number of carbonyl (C=O) groups excluding carboxylic acids is 1. The molecular weight excluding hydrogens is 404 g/mol. The van der Waals surface area contributed by atoms with Gasteiger partial charge in [0.05, 0.1) is 42.8 Å². The SMILES string of the molecule is CCn1cc([N+](=O)[O-])c(C(=O)Nc2c(C)nn(Cc3ccc(OC)c(OC)c3)c2C)n1. The fourth-order valence-electron chi connectivity index (χ4n) is 3.22. The Kier molecular flexibility index (Phi) is 6.23. The van der Waals surface area contributed by atoms with Gasteiger partial charge in [0.2, 0.25) is 5.69 Å². The van der Waals surface area contributed by atoms with Gasteiger partial charge in [0.25, 0.3) is 5.91 Å². The minimum Gasteiger partial charge on any atom is -0.493 e. The lowest BCUT2D eigenvalue weighted by Crippen LogP contribution is -2.16. The van der Waals surface area contributed by atoms with Crippen molar-refractivity contribution in [1.82, 2.24) is 19.6 Å². The summed E-state index contributed by atoms with van der Waals surface area (Å²) in [6, 6.07) is 5.57. The van der Waals surface area contributed by atoms with Crippen LogP contribution in [0.25, 0.3) is 0 Å². The molecule has 0 unspecified atom stereocenters. The molecule has 2 heterocycles. The van der Waals surface area contributed by atoms with E-state index < -0.39 is 10.8 Å². The van der Waals surface area contributed by atoms with Gasteiger partial charge in [-0.2, -0.15) is 10.2 Å². The number of nitrogens with zero attached hydrogens (tertiary/aromatic N) is 5. The Bertz CT molecular complexity index is 1130. The molecule has 0 bridgehead atoms. The molecule has 11 nitrogen and oxygen atoms in total. The number of nitrogens with one attached hydrogen (secondary N) is 1. The van der Waals surface area contributed by atoms with Crippen LogP contribution in [-0.2, 0) is 13.1 Å². The van der Waals surface area contributed by atoms with Crippen molar-refractivity contribution in [2.45, 2.75) is 33.9 Å². The molecule has 0 aliphatic rings. The summed E-state index contributed by atoms with van der Waals surface area (Å²) in [4.78, 5) is 23.4. The van der Waals surface area contributed by atoms with E-state index in [-0.39, 0.29) is 11.4 Å². The van der Waals surface area contributed by atoms with E-state index in [2.05, 4.69) is 15.5 Å². The molecule has 3 aromatic rings. The number of amides is 1. The van der Waals surface area contributed by atoms with Crippen molar-refractivity contribution < 1.29 is 19.2 Å². The number of aryl methyl sites for hydroxylation is 2. The summed E-state index contributed by atoms with van der Waals surface area (Å²) in [5, 5.41) is 22.5. The van der Waals surface area contributed by atoms with E-state index in [1.165, 1.54) is 10.9 Å². The van der Waals surface area contributed by atoms with Gasteiger partial charge < -0.3 is 14.8 Å². The molecule has 1 aromatic carbocycles. The van der Waals surface area contributed by atoms with Gasteiger partial charge in [0.15, 0.2) is 11.5 Å². The van der Waals surface area contributed by atoms with E-state index in [4.69, 9.17) is 9.47 Å². The maximum atomic E-state index is 12.7. The van der Waals surface area contributed by atoms with Crippen molar-refractivity contribution in [3.05, 3.63) is 57.2 Å². The zero-order valence-corrected chi connectivity index (χ0v) is 18.0. The second-order valence-corrected chi connectivity index (χ2v) is 6.82. The van der Waals surface area contributed by atoms with E-state index in [1.807, 2.05) is 25.1 Å². The first kappa shape index (κ1) is 21.8. The number of anilines is 1. The number of aromatic nitrogens is 4. The number of carbonyl (C=O) groups is 1. The van der Waals surface area contributed by atoms with E-state index in [0.717, 1.165) is 5.56 Å². The van der Waals surface area contributed by atoms with Crippen molar-refractivity contribution in [3.8, 4) is 11.5 Å². The predicted octanol–water partition coefficient (Wildman–Crippen LogP) is 2.94. The van der Waals surface area contributed by atoms with Crippen LogP contribution in [0, 0.1) is 24.0 Å². The summed E-state index contributed by atoms with van der Waals surface area (Å²) < 4.78 is 13.7. The third kappa shape index (κ3) is 4.34. The molecule has 0 radical (unpaired) electrons. The Hall–Kier alpha value is -3.89. The molecule has 2 aromatic heterocycles. The Labute approximate surface area is 178 Å². The third-order valence-electron chi connectivity index (χ3n) is 4.88. The van der Waals surface area contributed by atoms with Crippen LogP contribution in [0.5, 0.6) is 11.5 Å². The number of hydrogen-bond donors (Lipinski definition) is 1. The lowest BCUT2D eigenvalue weighted by molar-refractivity contribution is -0.385. The molecule has 31 heavy (non-hydrogen) atoms. The maximum absolute atomic E-state index is 12.7. The second kappa shape index (κ2) is 8.86. The molecule has 0 fully saturated rings.